The van der Waals surface area contributed by atoms with Crippen LogP contribution in [0, 0.1) is 0 Å². The zero-order valence-electron chi connectivity index (χ0n) is 8.41. The Hall–Kier alpha value is -0.0900. The normalized spacial score (nSPS) is 37.9. The monoisotopic (exact) mass is 261 g/mol. The van der Waals surface area contributed by atoms with E-state index >= 15 is 0 Å². The summed E-state index contributed by atoms with van der Waals surface area (Å²) in [6.45, 7) is 3.75. The van der Waals surface area contributed by atoms with E-state index in [0.29, 0.717) is 4.83 Å². The van der Waals surface area contributed by atoms with Crippen LogP contribution < -0.4 is 0 Å². The summed E-state index contributed by atoms with van der Waals surface area (Å²) >= 11 is 3.53. The Labute approximate surface area is 92.9 Å². The maximum absolute atomic E-state index is 11.9. The van der Waals surface area contributed by atoms with Gasteiger partial charge in [-0.1, -0.05) is 15.9 Å². The summed E-state index contributed by atoms with van der Waals surface area (Å²) in [6, 6.07) is 0. The number of carbonyl (C=O) groups excluding carboxylic acids is 1. The van der Waals surface area contributed by atoms with Crippen molar-refractivity contribution in [3.05, 3.63) is 0 Å². The topological polar surface area (TPSA) is 29.5 Å². The predicted octanol–water partition coefficient (Wildman–Crippen LogP) is 1.55. The molecule has 2 heterocycles. The lowest BCUT2D eigenvalue weighted by molar-refractivity contribution is -0.141. The Morgan fingerprint density at radius 3 is 2.71 bits per heavy atom. The molecule has 0 bridgehead atoms. The summed E-state index contributed by atoms with van der Waals surface area (Å²) in [4.78, 5) is 14.3. The third kappa shape index (κ3) is 2.11. The highest BCUT2D eigenvalue weighted by atomic mass is 79.9. The Kier molecular flexibility index (Phi) is 3.12. The highest BCUT2D eigenvalue weighted by Gasteiger charge is 2.34. The first-order valence-corrected chi connectivity index (χ1v) is 6.16. The van der Waals surface area contributed by atoms with Gasteiger partial charge in [0.15, 0.2) is 0 Å². The molecule has 0 spiro atoms. The molecule has 2 aliphatic rings. The van der Waals surface area contributed by atoms with Crippen LogP contribution in [0.3, 0.4) is 0 Å². The van der Waals surface area contributed by atoms with Crippen LogP contribution in [0.25, 0.3) is 0 Å². The molecule has 0 aromatic heterocycles. The van der Waals surface area contributed by atoms with E-state index in [0.717, 1.165) is 32.4 Å². The minimum absolute atomic E-state index is 0.164. The summed E-state index contributed by atoms with van der Waals surface area (Å²) in [5.41, 5.74) is 0. The number of ether oxygens (including phenoxy) is 1. The van der Waals surface area contributed by atoms with E-state index in [1.807, 2.05) is 11.8 Å². The van der Waals surface area contributed by atoms with Gasteiger partial charge < -0.3 is 9.64 Å². The Morgan fingerprint density at radius 2 is 2.21 bits per heavy atom. The Balaban J connectivity index is 1.89. The molecule has 3 unspecified atom stereocenters. The number of amides is 1. The molecule has 2 fully saturated rings. The number of hydrogen-bond donors (Lipinski definition) is 0. The van der Waals surface area contributed by atoms with Crippen LogP contribution in [-0.2, 0) is 9.53 Å². The Morgan fingerprint density at radius 1 is 1.43 bits per heavy atom. The average molecular weight is 262 g/mol. The summed E-state index contributed by atoms with van der Waals surface area (Å²) < 4.78 is 5.56. The van der Waals surface area contributed by atoms with Crippen molar-refractivity contribution in [2.45, 2.75) is 43.2 Å². The second kappa shape index (κ2) is 4.19. The maximum atomic E-state index is 11.9. The van der Waals surface area contributed by atoms with Gasteiger partial charge in [0.05, 0.1) is 6.10 Å². The van der Waals surface area contributed by atoms with Gasteiger partial charge in [0.1, 0.15) is 6.10 Å². The molecule has 2 aliphatic heterocycles. The number of likely N-dealkylation sites (tertiary alicyclic amines) is 1. The van der Waals surface area contributed by atoms with Crippen molar-refractivity contribution in [3.63, 3.8) is 0 Å². The largest absolute Gasteiger partial charge is 0.365 e. The molecule has 3 atom stereocenters. The average Bonchev–Trinajstić information content (AvgIpc) is 2.73. The molecule has 1 amide bonds. The molecule has 0 saturated carbocycles. The van der Waals surface area contributed by atoms with Gasteiger partial charge in [-0.15, -0.1) is 0 Å². The molecule has 4 heteroatoms. The third-order valence-electron chi connectivity index (χ3n) is 2.95. The van der Waals surface area contributed by atoms with Crippen molar-refractivity contribution < 1.29 is 9.53 Å². The molecule has 3 nitrogen and oxygen atoms in total. The van der Waals surface area contributed by atoms with Gasteiger partial charge in [0.2, 0.25) is 0 Å². The first-order valence-electron chi connectivity index (χ1n) is 5.25. The molecule has 14 heavy (non-hydrogen) atoms. The fraction of sp³-hybridized carbons (Fsp3) is 0.900. The number of hydrogen-bond acceptors (Lipinski definition) is 2. The quantitative estimate of drug-likeness (QED) is 0.671. The maximum Gasteiger partial charge on any atom is 0.251 e. The van der Waals surface area contributed by atoms with Crippen molar-refractivity contribution in [2.75, 3.05) is 13.1 Å². The van der Waals surface area contributed by atoms with Gasteiger partial charge in [0, 0.05) is 17.9 Å². The fourth-order valence-electron chi connectivity index (χ4n) is 2.11. The van der Waals surface area contributed by atoms with Crippen LogP contribution in [0.1, 0.15) is 26.2 Å². The van der Waals surface area contributed by atoms with Gasteiger partial charge in [-0.05, 0) is 26.2 Å². The number of nitrogens with zero attached hydrogens (tertiary/aromatic N) is 1. The summed E-state index contributed by atoms with van der Waals surface area (Å²) in [6.07, 6.45) is 3.06. The van der Waals surface area contributed by atoms with Gasteiger partial charge in [0.25, 0.3) is 5.91 Å². The van der Waals surface area contributed by atoms with Crippen LogP contribution in [-0.4, -0.2) is 40.9 Å². The van der Waals surface area contributed by atoms with Crippen molar-refractivity contribution in [1.82, 2.24) is 4.90 Å². The molecule has 0 aromatic rings. The fourth-order valence-corrected chi connectivity index (χ4v) is 2.66. The zero-order chi connectivity index (χ0) is 10.1. The first-order chi connectivity index (χ1) is 6.66. The van der Waals surface area contributed by atoms with Crippen LogP contribution in [0.4, 0.5) is 0 Å². The third-order valence-corrected chi connectivity index (χ3v) is 3.70. The van der Waals surface area contributed by atoms with E-state index in [9.17, 15) is 4.79 Å². The van der Waals surface area contributed by atoms with Crippen LogP contribution in [0.2, 0.25) is 0 Å². The molecule has 0 aliphatic carbocycles. The zero-order valence-corrected chi connectivity index (χ0v) is 10.00. The van der Waals surface area contributed by atoms with E-state index in [2.05, 4.69) is 15.9 Å². The number of carbonyl (C=O) groups is 1. The van der Waals surface area contributed by atoms with Gasteiger partial charge in [-0.2, -0.15) is 0 Å². The molecule has 2 rings (SSSR count). The molecule has 0 aromatic carbocycles. The van der Waals surface area contributed by atoms with Crippen molar-refractivity contribution >= 4 is 21.8 Å². The van der Waals surface area contributed by atoms with Gasteiger partial charge in [-0.3, -0.25) is 4.79 Å². The van der Waals surface area contributed by atoms with E-state index in [1.165, 1.54) is 0 Å². The second-order valence-electron chi connectivity index (χ2n) is 4.18. The van der Waals surface area contributed by atoms with E-state index < -0.39 is 0 Å². The van der Waals surface area contributed by atoms with Crippen LogP contribution in [0.15, 0.2) is 0 Å². The standard InChI is InChI=1S/C10H16BrNO2/c1-7-2-3-9(14-7)10(13)12-5-4-8(11)6-12/h7-9H,2-6H2,1H3. The minimum Gasteiger partial charge on any atom is -0.365 e. The summed E-state index contributed by atoms with van der Waals surface area (Å²) in [5.74, 6) is 0.191. The van der Waals surface area contributed by atoms with E-state index in [-0.39, 0.29) is 18.1 Å². The SMILES string of the molecule is CC1CCC(C(=O)N2CCC(Br)C2)O1. The van der Waals surface area contributed by atoms with E-state index in [4.69, 9.17) is 4.74 Å². The van der Waals surface area contributed by atoms with Crippen molar-refractivity contribution in [3.8, 4) is 0 Å². The van der Waals surface area contributed by atoms with Crippen LogP contribution in [0.5, 0.6) is 0 Å². The number of rotatable bonds is 1. The van der Waals surface area contributed by atoms with Gasteiger partial charge >= 0.3 is 0 Å². The lowest BCUT2D eigenvalue weighted by atomic mass is 10.2. The second-order valence-corrected chi connectivity index (χ2v) is 5.48. The summed E-state index contributed by atoms with van der Waals surface area (Å²) in [7, 11) is 0. The lowest BCUT2D eigenvalue weighted by Crippen LogP contribution is -2.37. The Bertz CT molecular complexity index is 212. The molecule has 0 radical (unpaired) electrons. The molecule has 0 N–H and O–H groups in total. The van der Waals surface area contributed by atoms with Crippen LogP contribution >= 0.6 is 15.9 Å². The van der Waals surface area contributed by atoms with Crippen molar-refractivity contribution in [1.29, 1.82) is 0 Å². The molecular formula is C10H16BrNO2. The first kappa shape index (κ1) is 10.4. The highest BCUT2D eigenvalue weighted by Crippen LogP contribution is 2.24. The molecule has 80 valence electrons. The lowest BCUT2D eigenvalue weighted by Gasteiger charge is -2.19. The highest BCUT2D eigenvalue weighted by molar-refractivity contribution is 9.09. The number of alkyl halides is 1. The smallest absolute Gasteiger partial charge is 0.251 e. The predicted molar refractivity (Wildman–Crippen MR) is 57.5 cm³/mol. The number of halogens is 1. The minimum atomic E-state index is -0.164. The molecular weight excluding hydrogens is 246 g/mol. The summed E-state index contributed by atoms with van der Waals surface area (Å²) in [5, 5.41) is 0. The van der Waals surface area contributed by atoms with Crippen molar-refractivity contribution in [2.24, 2.45) is 0 Å². The van der Waals surface area contributed by atoms with Gasteiger partial charge in [-0.25, -0.2) is 0 Å². The van der Waals surface area contributed by atoms with E-state index in [1.54, 1.807) is 0 Å². The molecule has 2 saturated heterocycles.